The van der Waals surface area contributed by atoms with E-state index in [1.807, 2.05) is 44.2 Å². The first-order valence-corrected chi connectivity index (χ1v) is 5.89. The van der Waals surface area contributed by atoms with Crippen molar-refractivity contribution in [3.63, 3.8) is 0 Å². The lowest BCUT2D eigenvalue weighted by Crippen LogP contribution is -2.27. The number of benzene rings is 1. The number of aliphatic hydroxyl groups excluding tert-OH is 1. The van der Waals surface area contributed by atoms with Gasteiger partial charge in [-0.3, -0.25) is 4.79 Å². The van der Waals surface area contributed by atoms with Crippen molar-refractivity contribution in [2.75, 3.05) is 6.61 Å². The van der Waals surface area contributed by atoms with Crippen LogP contribution in [0.1, 0.15) is 11.4 Å². The van der Waals surface area contributed by atoms with Crippen LogP contribution >= 0.6 is 0 Å². The second kappa shape index (κ2) is 5.14. The summed E-state index contributed by atoms with van der Waals surface area (Å²) in [5, 5.41) is 9.04. The fourth-order valence-corrected chi connectivity index (χ4v) is 1.93. The van der Waals surface area contributed by atoms with Crippen molar-refractivity contribution in [1.82, 2.24) is 9.55 Å². The van der Waals surface area contributed by atoms with Crippen molar-refractivity contribution >= 4 is 0 Å². The Labute approximate surface area is 106 Å². The van der Waals surface area contributed by atoms with Gasteiger partial charge in [-0.25, -0.2) is 4.98 Å². The Morgan fingerprint density at radius 3 is 2.50 bits per heavy atom. The Kier molecular flexibility index (Phi) is 3.58. The van der Waals surface area contributed by atoms with Crippen LogP contribution in [-0.2, 0) is 6.54 Å². The molecular weight excluding hydrogens is 228 g/mol. The van der Waals surface area contributed by atoms with Crippen molar-refractivity contribution < 1.29 is 5.11 Å². The van der Waals surface area contributed by atoms with Crippen LogP contribution in [0, 0.1) is 13.8 Å². The minimum absolute atomic E-state index is 0.0571. The molecule has 2 rings (SSSR count). The SMILES string of the molecule is Cc1nc(-c2ccccc2)c(=O)n(CCO)c1C. The molecule has 0 saturated heterocycles. The van der Waals surface area contributed by atoms with Gasteiger partial charge in [-0.2, -0.15) is 0 Å². The predicted octanol–water partition coefficient (Wildman–Crippen LogP) is 1.52. The average molecular weight is 244 g/mol. The van der Waals surface area contributed by atoms with Gasteiger partial charge in [0.15, 0.2) is 0 Å². The molecule has 0 spiro atoms. The summed E-state index contributed by atoms with van der Waals surface area (Å²) in [5.74, 6) is 0. The molecule has 0 atom stereocenters. The van der Waals surface area contributed by atoms with Gasteiger partial charge in [0.25, 0.3) is 5.56 Å². The lowest BCUT2D eigenvalue weighted by atomic mass is 10.1. The van der Waals surface area contributed by atoms with E-state index in [1.54, 1.807) is 4.57 Å². The molecule has 1 aromatic heterocycles. The Bertz CT molecular complexity index is 603. The summed E-state index contributed by atoms with van der Waals surface area (Å²) in [7, 11) is 0. The van der Waals surface area contributed by atoms with Crippen LogP contribution in [0.4, 0.5) is 0 Å². The van der Waals surface area contributed by atoms with Crippen molar-refractivity contribution in [2.45, 2.75) is 20.4 Å². The third kappa shape index (κ3) is 2.19. The zero-order chi connectivity index (χ0) is 13.1. The highest BCUT2D eigenvalue weighted by Crippen LogP contribution is 2.14. The topological polar surface area (TPSA) is 55.1 Å². The first-order valence-electron chi connectivity index (χ1n) is 5.89. The molecule has 0 aliphatic rings. The number of aromatic nitrogens is 2. The smallest absolute Gasteiger partial charge is 0.277 e. The van der Waals surface area contributed by atoms with Crippen LogP contribution in [0.15, 0.2) is 35.1 Å². The molecule has 0 radical (unpaired) electrons. The van der Waals surface area contributed by atoms with Crippen molar-refractivity contribution in [3.05, 3.63) is 52.1 Å². The van der Waals surface area contributed by atoms with Crippen molar-refractivity contribution in [2.24, 2.45) is 0 Å². The molecule has 0 aliphatic carbocycles. The van der Waals surface area contributed by atoms with E-state index < -0.39 is 0 Å². The molecule has 1 N–H and O–H groups in total. The van der Waals surface area contributed by atoms with E-state index in [4.69, 9.17) is 5.11 Å². The summed E-state index contributed by atoms with van der Waals surface area (Å²) < 4.78 is 1.57. The van der Waals surface area contributed by atoms with Crippen LogP contribution in [0.2, 0.25) is 0 Å². The third-order valence-corrected chi connectivity index (χ3v) is 3.03. The Hall–Kier alpha value is -1.94. The average Bonchev–Trinajstić information content (AvgIpc) is 2.40. The lowest BCUT2D eigenvalue weighted by molar-refractivity contribution is 0.272. The molecule has 0 amide bonds. The number of rotatable bonds is 3. The van der Waals surface area contributed by atoms with Crippen molar-refractivity contribution in [3.8, 4) is 11.3 Å². The first kappa shape index (κ1) is 12.5. The van der Waals surface area contributed by atoms with Gasteiger partial charge in [-0.05, 0) is 13.8 Å². The normalized spacial score (nSPS) is 10.6. The molecule has 1 heterocycles. The molecule has 0 saturated carbocycles. The molecule has 94 valence electrons. The molecule has 1 aromatic carbocycles. The van der Waals surface area contributed by atoms with Gasteiger partial charge in [0, 0.05) is 17.8 Å². The highest BCUT2D eigenvalue weighted by atomic mass is 16.3. The monoisotopic (exact) mass is 244 g/mol. The number of nitrogens with zero attached hydrogens (tertiary/aromatic N) is 2. The largest absolute Gasteiger partial charge is 0.395 e. The summed E-state index contributed by atoms with van der Waals surface area (Å²) in [6.07, 6.45) is 0. The van der Waals surface area contributed by atoms with E-state index in [9.17, 15) is 4.79 Å². The predicted molar refractivity (Wildman–Crippen MR) is 70.5 cm³/mol. The van der Waals surface area contributed by atoms with E-state index >= 15 is 0 Å². The summed E-state index contributed by atoms with van der Waals surface area (Å²) in [6.45, 7) is 3.95. The molecule has 4 heteroatoms. The standard InChI is InChI=1S/C14H16N2O2/c1-10-11(2)16(8-9-17)14(18)13(15-10)12-6-4-3-5-7-12/h3-7,17H,8-9H2,1-2H3. The second-order valence-electron chi connectivity index (χ2n) is 4.18. The van der Waals surface area contributed by atoms with Crippen LogP contribution < -0.4 is 5.56 Å². The summed E-state index contributed by atoms with van der Waals surface area (Å²) in [5.41, 5.74) is 2.69. The summed E-state index contributed by atoms with van der Waals surface area (Å²) in [6, 6.07) is 9.38. The molecule has 18 heavy (non-hydrogen) atoms. The Morgan fingerprint density at radius 1 is 1.22 bits per heavy atom. The van der Waals surface area contributed by atoms with Crippen LogP contribution in [-0.4, -0.2) is 21.3 Å². The van der Waals surface area contributed by atoms with Gasteiger partial charge < -0.3 is 9.67 Å². The van der Waals surface area contributed by atoms with Gasteiger partial charge in [-0.1, -0.05) is 30.3 Å². The number of hydrogen-bond acceptors (Lipinski definition) is 3. The molecule has 2 aromatic rings. The molecule has 0 aliphatic heterocycles. The van der Waals surface area contributed by atoms with Crippen LogP contribution in [0.3, 0.4) is 0 Å². The summed E-state index contributed by atoms with van der Waals surface area (Å²) >= 11 is 0. The van der Waals surface area contributed by atoms with Gasteiger partial charge in [-0.15, -0.1) is 0 Å². The quantitative estimate of drug-likeness (QED) is 0.890. The maximum Gasteiger partial charge on any atom is 0.277 e. The van der Waals surface area contributed by atoms with Crippen LogP contribution in [0.25, 0.3) is 11.3 Å². The van der Waals surface area contributed by atoms with E-state index in [0.29, 0.717) is 12.2 Å². The highest BCUT2D eigenvalue weighted by molar-refractivity contribution is 5.58. The third-order valence-electron chi connectivity index (χ3n) is 3.03. The maximum absolute atomic E-state index is 12.3. The van der Waals surface area contributed by atoms with E-state index in [1.165, 1.54) is 0 Å². The fraction of sp³-hybridized carbons (Fsp3) is 0.286. The first-order chi connectivity index (χ1) is 8.65. The molecule has 0 bridgehead atoms. The van der Waals surface area contributed by atoms with Crippen molar-refractivity contribution in [1.29, 1.82) is 0 Å². The van der Waals surface area contributed by atoms with Gasteiger partial charge in [0.05, 0.1) is 12.3 Å². The molecule has 4 nitrogen and oxygen atoms in total. The Balaban J connectivity index is 2.67. The Morgan fingerprint density at radius 2 is 1.89 bits per heavy atom. The molecular formula is C14H16N2O2. The van der Waals surface area contributed by atoms with E-state index in [-0.39, 0.29) is 12.2 Å². The van der Waals surface area contributed by atoms with Gasteiger partial charge in [0.1, 0.15) is 5.69 Å². The fourth-order valence-electron chi connectivity index (χ4n) is 1.93. The van der Waals surface area contributed by atoms with Gasteiger partial charge >= 0.3 is 0 Å². The lowest BCUT2D eigenvalue weighted by Gasteiger charge is -2.12. The second-order valence-corrected chi connectivity index (χ2v) is 4.18. The minimum atomic E-state index is -0.154. The highest BCUT2D eigenvalue weighted by Gasteiger charge is 2.12. The van der Waals surface area contributed by atoms with E-state index in [0.717, 1.165) is 17.0 Å². The number of aryl methyl sites for hydroxylation is 1. The number of hydrogen-bond donors (Lipinski definition) is 1. The van der Waals surface area contributed by atoms with Crippen LogP contribution in [0.5, 0.6) is 0 Å². The minimum Gasteiger partial charge on any atom is -0.395 e. The molecule has 0 unspecified atom stereocenters. The number of aliphatic hydroxyl groups is 1. The molecule has 0 fully saturated rings. The maximum atomic E-state index is 12.3. The zero-order valence-electron chi connectivity index (χ0n) is 10.6. The zero-order valence-corrected chi connectivity index (χ0v) is 10.6. The van der Waals surface area contributed by atoms with Gasteiger partial charge in [0.2, 0.25) is 0 Å². The van der Waals surface area contributed by atoms with E-state index in [2.05, 4.69) is 4.98 Å². The summed E-state index contributed by atoms with van der Waals surface area (Å²) in [4.78, 5) is 16.7.